The number of halogens is 4. The highest BCUT2D eigenvalue weighted by atomic mass is 35.5. The number of nitrogens with zero attached hydrogens (tertiary/aromatic N) is 1. The summed E-state index contributed by atoms with van der Waals surface area (Å²) in [5.74, 6) is 0. The summed E-state index contributed by atoms with van der Waals surface area (Å²) in [5, 5.41) is 14.1. The summed E-state index contributed by atoms with van der Waals surface area (Å²) >= 11 is 7.04. The zero-order valence-electron chi connectivity index (χ0n) is 16.7. The second-order valence-corrected chi connectivity index (χ2v) is 10.6. The molecular formula is C22H16ClF3N2O3S2. The molecule has 0 saturated carbocycles. The zero-order chi connectivity index (χ0) is 23.8. The number of hydrogen-bond acceptors (Lipinski definition) is 6. The minimum Gasteiger partial charge on any atom is -0.373 e. The number of thiophene rings is 1. The maximum Gasteiger partial charge on any atom is 0.417 e. The first kappa shape index (κ1) is 23.7. The SMILES string of the molecule is O=S(=O)(c1ccc(CNC(O)c2cc3ccncc3s2)cc1)c1ccc(Cl)cc1C(F)(F)F. The van der Waals surface area contributed by atoms with Crippen molar-refractivity contribution in [2.45, 2.75) is 28.7 Å². The Bertz CT molecular complexity index is 1370. The molecule has 0 aliphatic carbocycles. The maximum atomic E-state index is 13.4. The van der Waals surface area contributed by atoms with Gasteiger partial charge in [0, 0.05) is 28.8 Å². The quantitative estimate of drug-likeness (QED) is 0.330. The molecule has 0 bridgehead atoms. The van der Waals surface area contributed by atoms with Gasteiger partial charge in [-0.25, -0.2) is 8.42 Å². The van der Waals surface area contributed by atoms with Crippen LogP contribution < -0.4 is 5.32 Å². The van der Waals surface area contributed by atoms with Gasteiger partial charge in [-0.3, -0.25) is 10.3 Å². The van der Waals surface area contributed by atoms with Gasteiger partial charge in [0.1, 0.15) is 6.23 Å². The highest BCUT2D eigenvalue weighted by molar-refractivity contribution is 7.91. The van der Waals surface area contributed by atoms with E-state index in [-0.39, 0.29) is 16.5 Å². The number of rotatable bonds is 6. The highest BCUT2D eigenvalue weighted by Gasteiger charge is 2.37. The number of benzene rings is 2. The molecule has 2 heterocycles. The fourth-order valence-electron chi connectivity index (χ4n) is 3.23. The third-order valence-electron chi connectivity index (χ3n) is 4.88. The standard InChI is InChI=1S/C22H16ClF3N2O3S2/c23-15-3-6-20(17(10-15)22(24,25)26)33(30,31)16-4-1-13(2-5-16)11-28-21(29)18-9-14-7-8-27-12-19(14)32-18/h1-10,12,21,28-29H,11H2. The van der Waals surface area contributed by atoms with Crippen molar-refractivity contribution in [3.8, 4) is 0 Å². The Hall–Kier alpha value is -2.50. The van der Waals surface area contributed by atoms with Gasteiger partial charge in [-0.2, -0.15) is 13.2 Å². The van der Waals surface area contributed by atoms with Gasteiger partial charge in [0.25, 0.3) is 0 Å². The van der Waals surface area contributed by atoms with Gasteiger partial charge in [0.05, 0.1) is 20.1 Å². The summed E-state index contributed by atoms with van der Waals surface area (Å²) in [7, 11) is -4.43. The van der Waals surface area contributed by atoms with Gasteiger partial charge in [0.2, 0.25) is 9.84 Å². The normalized spacial score (nSPS) is 13.4. The molecule has 2 aromatic carbocycles. The van der Waals surface area contributed by atoms with Crippen molar-refractivity contribution in [1.29, 1.82) is 0 Å². The van der Waals surface area contributed by atoms with Gasteiger partial charge < -0.3 is 5.11 Å². The maximum absolute atomic E-state index is 13.4. The Morgan fingerprint density at radius 2 is 1.82 bits per heavy atom. The smallest absolute Gasteiger partial charge is 0.373 e. The van der Waals surface area contributed by atoms with Crippen LogP contribution in [0.5, 0.6) is 0 Å². The number of alkyl halides is 3. The molecule has 1 atom stereocenters. The van der Waals surface area contributed by atoms with Crippen molar-refractivity contribution in [2.75, 3.05) is 0 Å². The predicted molar refractivity (Wildman–Crippen MR) is 120 cm³/mol. The number of aliphatic hydroxyl groups is 1. The minimum absolute atomic E-state index is 0.211. The topological polar surface area (TPSA) is 79.3 Å². The largest absolute Gasteiger partial charge is 0.417 e. The second kappa shape index (κ2) is 9.03. The van der Waals surface area contributed by atoms with E-state index in [1.54, 1.807) is 12.4 Å². The van der Waals surface area contributed by atoms with E-state index < -0.39 is 32.7 Å². The van der Waals surface area contributed by atoms with Crippen molar-refractivity contribution < 1.29 is 26.7 Å². The van der Waals surface area contributed by atoms with E-state index in [1.165, 1.54) is 35.6 Å². The first-order chi connectivity index (χ1) is 15.6. The third kappa shape index (κ3) is 5.04. The molecule has 0 aliphatic rings. The average molecular weight is 513 g/mol. The van der Waals surface area contributed by atoms with Crippen molar-refractivity contribution in [3.63, 3.8) is 0 Å². The van der Waals surface area contributed by atoms with Crippen LogP contribution in [0.1, 0.15) is 22.2 Å². The monoisotopic (exact) mass is 512 g/mol. The van der Waals surface area contributed by atoms with E-state index in [1.807, 2.05) is 12.1 Å². The number of aromatic nitrogens is 1. The van der Waals surface area contributed by atoms with Crippen molar-refractivity contribution in [1.82, 2.24) is 10.3 Å². The molecule has 0 radical (unpaired) electrons. The summed E-state index contributed by atoms with van der Waals surface area (Å²) < 4.78 is 66.7. The first-order valence-electron chi connectivity index (χ1n) is 9.51. The molecule has 1 unspecified atom stereocenters. The molecule has 0 spiro atoms. The number of fused-ring (bicyclic) bond motifs is 1. The molecule has 0 amide bonds. The van der Waals surface area contributed by atoms with Crippen molar-refractivity contribution in [3.05, 3.63) is 88.0 Å². The van der Waals surface area contributed by atoms with Crippen molar-refractivity contribution >= 4 is 42.9 Å². The Balaban J connectivity index is 1.51. The number of nitrogens with one attached hydrogen (secondary N) is 1. The lowest BCUT2D eigenvalue weighted by Crippen LogP contribution is -2.19. The van der Waals surface area contributed by atoms with Crippen LogP contribution in [0.4, 0.5) is 13.2 Å². The fourth-order valence-corrected chi connectivity index (χ4v) is 5.85. The van der Waals surface area contributed by atoms with E-state index >= 15 is 0 Å². The van der Waals surface area contributed by atoms with Crippen LogP contribution in [0, 0.1) is 0 Å². The second-order valence-electron chi connectivity index (χ2n) is 7.13. The predicted octanol–water partition coefficient (Wildman–Crippen LogP) is 5.58. The molecule has 33 heavy (non-hydrogen) atoms. The number of aliphatic hydroxyl groups excluding tert-OH is 1. The van der Waals surface area contributed by atoms with Crippen LogP contribution in [0.2, 0.25) is 5.02 Å². The molecule has 2 N–H and O–H groups in total. The molecule has 172 valence electrons. The average Bonchev–Trinajstić information content (AvgIpc) is 3.21. The molecular weight excluding hydrogens is 497 g/mol. The summed E-state index contributed by atoms with van der Waals surface area (Å²) in [4.78, 5) is 3.59. The Labute approximate surface area is 196 Å². The van der Waals surface area contributed by atoms with Crippen LogP contribution >= 0.6 is 22.9 Å². The lowest BCUT2D eigenvalue weighted by atomic mass is 10.2. The molecule has 5 nitrogen and oxygen atoms in total. The highest BCUT2D eigenvalue weighted by Crippen LogP contribution is 2.38. The lowest BCUT2D eigenvalue weighted by Gasteiger charge is -2.14. The van der Waals surface area contributed by atoms with Gasteiger partial charge in [0.15, 0.2) is 0 Å². The lowest BCUT2D eigenvalue weighted by molar-refractivity contribution is -0.139. The summed E-state index contributed by atoms with van der Waals surface area (Å²) in [6, 6.07) is 11.7. The van der Waals surface area contributed by atoms with Gasteiger partial charge in [-0.05, 0) is 53.4 Å². The van der Waals surface area contributed by atoms with Gasteiger partial charge >= 0.3 is 6.18 Å². The molecule has 2 aromatic heterocycles. The van der Waals surface area contributed by atoms with E-state index in [9.17, 15) is 26.7 Å². The molecule has 0 aliphatic heterocycles. The fraction of sp³-hybridized carbons (Fsp3) is 0.136. The Kier molecular flexibility index (Phi) is 6.47. The zero-order valence-corrected chi connectivity index (χ0v) is 19.1. The minimum atomic E-state index is -4.88. The van der Waals surface area contributed by atoms with Crippen LogP contribution in [0.15, 0.2) is 76.8 Å². The summed E-state index contributed by atoms with van der Waals surface area (Å²) in [6.45, 7) is 0.211. The van der Waals surface area contributed by atoms with Gasteiger partial charge in [-0.1, -0.05) is 23.7 Å². The van der Waals surface area contributed by atoms with E-state index in [4.69, 9.17) is 11.6 Å². The molecule has 11 heteroatoms. The van der Waals surface area contributed by atoms with Crippen LogP contribution in [0.3, 0.4) is 0 Å². The van der Waals surface area contributed by atoms with Crippen LogP contribution in [0.25, 0.3) is 10.1 Å². The van der Waals surface area contributed by atoms with Gasteiger partial charge in [-0.15, -0.1) is 11.3 Å². The summed E-state index contributed by atoms with van der Waals surface area (Å²) in [6.07, 6.45) is -2.46. The Morgan fingerprint density at radius 1 is 1.09 bits per heavy atom. The van der Waals surface area contributed by atoms with Crippen molar-refractivity contribution in [2.24, 2.45) is 0 Å². The Morgan fingerprint density at radius 3 is 2.48 bits per heavy atom. The van der Waals surface area contributed by atoms with E-state index in [0.29, 0.717) is 16.5 Å². The molecule has 0 saturated heterocycles. The number of hydrogen-bond donors (Lipinski definition) is 2. The van der Waals surface area contributed by atoms with E-state index in [2.05, 4.69) is 10.3 Å². The molecule has 4 aromatic rings. The number of sulfone groups is 1. The summed E-state index contributed by atoms with van der Waals surface area (Å²) in [5.41, 5.74) is -0.676. The first-order valence-corrected chi connectivity index (χ1v) is 12.2. The number of pyridine rings is 1. The molecule has 0 fully saturated rings. The van der Waals surface area contributed by atoms with E-state index in [0.717, 1.165) is 22.2 Å². The molecule has 4 rings (SSSR count). The van der Waals surface area contributed by atoms with Crippen LogP contribution in [-0.2, 0) is 22.6 Å². The third-order valence-corrected chi connectivity index (χ3v) is 8.08. The van der Waals surface area contributed by atoms with Crippen LogP contribution in [-0.4, -0.2) is 18.5 Å².